The molecule has 15 heavy (non-hydrogen) atoms. The van der Waals surface area contributed by atoms with E-state index in [9.17, 15) is 0 Å². The molecule has 1 aromatic rings. The molecule has 0 radical (unpaired) electrons. The lowest BCUT2D eigenvalue weighted by Crippen LogP contribution is -2.31. The molecule has 1 rings (SSSR count). The zero-order valence-corrected chi connectivity index (χ0v) is 10.1. The molecule has 0 saturated heterocycles. The molecule has 0 aliphatic heterocycles. The number of rotatable bonds is 5. The molecule has 0 aromatic carbocycles. The number of nitrogens with one attached hydrogen (secondary N) is 1. The van der Waals surface area contributed by atoms with Gasteiger partial charge in [-0.05, 0) is 40.0 Å². The summed E-state index contributed by atoms with van der Waals surface area (Å²) in [6.07, 6.45) is 0. The highest BCUT2D eigenvalue weighted by Crippen LogP contribution is 2.14. The Morgan fingerprint density at radius 2 is 2.13 bits per heavy atom. The minimum absolute atomic E-state index is 0.493. The van der Waals surface area contributed by atoms with Crippen LogP contribution in [0.15, 0.2) is 18.2 Å². The molecular weight excluding hydrogens is 186 g/mol. The fraction of sp³-hybridized carbons (Fsp3) is 0.583. The maximum Gasteiger partial charge on any atom is 0.129 e. The molecular formula is C12H21N3. The summed E-state index contributed by atoms with van der Waals surface area (Å²) < 4.78 is 0. The van der Waals surface area contributed by atoms with Crippen molar-refractivity contribution >= 4 is 5.82 Å². The Kier molecular flexibility index (Phi) is 4.56. The highest BCUT2D eigenvalue weighted by atomic mass is 15.2. The molecule has 84 valence electrons. The third kappa shape index (κ3) is 3.20. The van der Waals surface area contributed by atoms with Gasteiger partial charge in [-0.3, -0.25) is 0 Å². The minimum atomic E-state index is 0.493. The van der Waals surface area contributed by atoms with Crippen molar-refractivity contribution < 1.29 is 0 Å². The van der Waals surface area contributed by atoms with Gasteiger partial charge in [0.2, 0.25) is 0 Å². The number of anilines is 1. The molecule has 1 heterocycles. The van der Waals surface area contributed by atoms with E-state index in [4.69, 9.17) is 0 Å². The Hall–Kier alpha value is -1.09. The number of nitrogens with zero attached hydrogens (tertiary/aromatic N) is 2. The van der Waals surface area contributed by atoms with Gasteiger partial charge in [-0.2, -0.15) is 0 Å². The normalized spacial score (nSPS) is 10.7. The highest BCUT2D eigenvalue weighted by Gasteiger charge is 2.09. The van der Waals surface area contributed by atoms with Crippen molar-refractivity contribution in [3.63, 3.8) is 0 Å². The van der Waals surface area contributed by atoms with E-state index in [1.165, 1.54) is 0 Å². The molecule has 0 saturated carbocycles. The van der Waals surface area contributed by atoms with Crippen molar-refractivity contribution in [3.8, 4) is 0 Å². The van der Waals surface area contributed by atoms with Gasteiger partial charge >= 0.3 is 0 Å². The fourth-order valence-corrected chi connectivity index (χ4v) is 1.70. The van der Waals surface area contributed by atoms with E-state index in [-0.39, 0.29) is 0 Å². The zero-order valence-electron chi connectivity index (χ0n) is 10.1. The molecule has 1 aromatic heterocycles. The van der Waals surface area contributed by atoms with E-state index < -0.39 is 0 Å². The molecule has 0 spiro atoms. The van der Waals surface area contributed by atoms with E-state index in [2.05, 4.69) is 48.1 Å². The molecule has 0 aliphatic carbocycles. The van der Waals surface area contributed by atoms with Crippen LogP contribution in [-0.4, -0.2) is 24.6 Å². The Labute approximate surface area is 92.5 Å². The zero-order chi connectivity index (χ0) is 11.3. The van der Waals surface area contributed by atoms with Gasteiger partial charge in [0.1, 0.15) is 5.82 Å². The lowest BCUT2D eigenvalue weighted by molar-refractivity contribution is 0.687. The second-order valence-electron chi connectivity index (χ2n) is 3.90. The van der Waals surface area contributed by atoms with Gasteiger partial charge in [-0.1, -0.05) is 6.07 Å². The Balaban J connectivity index is 2.87. The van der Waals surface area contributed by atoms with E-state index in [1.807, 2.05) is 13.1 Å². The molecule has 1 N–H and O–H groups in total. The summed E-state index contributed by atoms with van der Waals surface area (Å²) in [5.41, 5.74) is 1.09. The summed E-state index contributed by atoms with van der Waals surface area (Å²) in [7, 11) is 1.94. The van der Waals surface area contributed by atoms with Gasteiger partial charge in [0, 0.05) is 19.1 Å². The third-order valence-electron chi connectivity index (χ3n) is 2.41. The average Bonchev–Trinajstić information content (AvgIpc) is 2.19. The van der Waals surface area contributed by atoms with Crippen molar-refractivity contribution in [2.45, 2.75) is 33.4 Å². The lowest BCUT2D eigenvalue weighted by Gasteiger charge is -2.26. The Morgan fingerprint density at radius 3 is 2.67 bits per heavy atom. The number of aromatic nitrogens is 1. The summed E-state index contributed by atoms with van der Waals surface area (Å²) in [6, 6.07) is 6.68. The van der Waals surface area contributed by atoms with E-state index >= 15 is 0 Å². The van der Waals surface area contributed by atoms with Crippen LogP contribution >= 0.6 is 0 Å². The summed E-state index contributed by atoms with van der Waals surface area (Å²) in [5.74, 6) is 1.07. The lowest BCUT2D eigenvalue weighted by atomic mass is 10.3. The molecule has 0 amide bonds. The predicted molar refractivity (Wildman–Crippen MR) is 65.2 cm³/mol. The average molecular weight is 207 g/mol. The number of pyridine rings is 1. The molecule has 0 bridgehead atoms. The van der Waals surface area contributed by atoms with E-state index in [1.54, 1.807) is 0 Å². The van der Waals surface area contributed by atoms with Crippen LogP contribution in [0.4, 0.5) is 5.82 Å². The topological polar surface area (TPSA) is 28.2 Å². The van der Waals surface area contributed by atoms with Crippen molar-refractivity contribution in [1.29, 1.82) is 0 Å². The maximum absolute atomic E-state index is 4.62. The SMILES string of the molecule is CCN(c1cccc(CNC)n1)C(C)C. The van der Waals surface area contributed by atoms with Crippen molar-refractivity contribution in [2.75, 3.05) is 18.5 Å². The molecule has 0 fully saturated rings. The monoisotopic (exact) mass is 207 g/mol. The predicted octanol–water partition coefficient (Wildman–Crippen LogP) is 2.04. The standard InChI is InChI=1S/C12H21N3/c1-5-15(10(2)3)12-8-6-7-11(14-12)9-13-4/h6-8,10,13H,5,9H2,1-4H3. The van der Waals surface area contributed by atoms with Crippen LogP contribution in [0.1, 0.15) is 26.5 Å². The Morgan fingerprint density at radius 1 is 1.40 bits per heavy atom. The van der Waals surface area contributed by atoms with Crippen LogP contribution < -0.4 is 10.2 Å². The van der Waals surface area contributed by atoms with Gasteiger partial charge < -0.3 is 10.2 Å². The first kappa shape index (κ1) is 12.0. The summed E-state index contributed by atoms with van der Waals surface area (Å²) in [5, 5.41) is 3.12. The number of hydrogen-bond donors (Lipinski definition) is 1. The van der Waals surface area contributed by atoms with Gasteiger partial charge in [0.25, 0.3) is 0 Å². The van der Waals surface area contributed by atoms with Gasteiger partial charge in [-0.15, -0.1) is 0 Å². The van der Waals surface area contributed by atoms with Gasteiger partial charge in [-0.25, -0.2) is 4.98 Å². The first-order valence-electron chi connectivity index (χ1n) is 5.56. The van der Waals surface area contributed by atoms with Crippen molar-refractivity contribution in [2.24, 2.45) is 0 Å². The summed E-state index contributed by atoms with van der Waals surface area (Å²) in [4.78, 5) is 6.91. The quantitative estimate of drug-likeness (QED) is 0.801. The summed E-state index contributed by atoms with van der Waals surface area (Å²) >= 11 is 0. The molecule has 3 nitrogen and oxygen atoms in total. The van der Waals surface area contributed by atoms with Crippen molar-refractivity contribution in [1.82, 2.24) is 10.3 Å². The van der Waals surface area contributed by atoms with E-state index in [0.717, 1.165) is 24.6 Å². The fourth-order valence-electron chi connectivity index (χ4n) is 1.70. The van der Waals surface area contributed by atoms with Crippen LogP contribution in [-0.2, 0) is 6.54 Å². The van der Waals surface area contributed by atoms with Crippen LogP contribution in [0.25, 0.3) is 0 Å². The maximum atomic E-state index is 4.62. The first-order chi connectivity index (χ1) is 7.19. The second-order valence-corrected chi connectivity index (χ2v) is 3.90. The third-order valence-corrected chi connectivity index (χ3v) is 2.41. The van der Waals surface area contributed by atoms with Crippen LogP contribution in [0.5, 0.6) is 0 Å². The van der Waals surface area contributed by atoms with Crippen LogP contribution in [0.3, 0.4) is 0 Å². The molecule has 0 aliphatic rings. The minimum Gasteiger partial charge on any atom is -0.354 e. The van der Waals surface area contributed by atoms with Crippen LogP contribution in [0.2, 0.25) is 0 Å². The van der Waals surface area contributed by atoms with Crippen molar-refractivity contribution in [3.05, 3.63) is 23.9 Å². The number of hydrogen-bond acceptors (Lipinski definition) is 3. The van der Waals surface area contributed by atoms with Crippen LogP contribution in [0, 0.1) is 0 Å². The molecule has 3 heteroatoms. The first-order valence-corrected chi connectivity index (χ1v) is 5.56. The summed E-state index contributed by atoms with van der Waals surface area (Å²) in [6.45, 7) is 8.36. The Bertz CT molecular complexity index is 297. The second kappa shape index (κ2) is 5.71. The van der Waals surface area contributed by atoms with Gasteiger partial charge in [0.15, 0.2) is 0 Å². The van der Waals surface area contributed by atoms with Gasteiger partial charge in [0.05, 0.1) is 5.69 Å². The largest absolute Gasteiger partial charge is 0.354 e. The smallest absolute Gasteiger partial charge is 0.129 e. The van der Waals surface area contributed by atoms with E-state index in [0.29, 0.717) is 6.04 Å². The molecule has 0 unspecified atom stereocenters. The molecule has 0 atom stereocenters. The highest BCUT2D eigenvalue weighted by molar-refractivity contribution is 5.40.